The number of halogens is 1. The molecule has 0 amide bonds. The molecule has 0 radical (unpaired) electrons. The minimum atomic E-state index is -0.221. The Bertz CT molecular complexity index is 276. The monoisotopic (exact) mass is 203 g/mol. The van der Waals surface area contributed by atoms with Gasteiger partial charge in [-0.1, -0.05) is 6.07 Å². The van der Waals surface area contributed by atoms with Gasteiger partial charge in [0.25, 0.3) is 0 Å². The van der Waals surface area contributed by atoms with Crippen LogP contribution < -0.4 is 10.5 Å². The van der Waals surface area contributed by atoms with E-state index < -0.39 is 0 Å². The molecule has 3 N–H and O–H groups in total. The van der Waals surface area contributed by atoms with Crippen molar-refractivity contribution in [3.05, 3.63) is 23.8 Å². The van der Waals surface area contributed by atoms with Gasteiger partial charge < -0.3 is 15.6 Å². The van der Waals surface area contributed by atoms with Crippen molar-refractivity contribution in [2.45, 2.75) is 13.0 Å². The smallest absolute Gasteiger partial charge is 0.127 e. The predicted octanol–water partition coefficient (Wildman–Crippen LogP) is 1.84. The van der Waals surface area contributed by atoms with Crippen LogP contribution in [-0.2, 0) is 0 Å². The van der Waals surface area contributed by atoms with Crippen molar-refractivity contribution >= 4 is 12.4 Å². The van der Waals surface area contributed by atoms with E-state index in [9.17, 15) is 5.11 Å². The average molecular weight is 204 g/mol. The van der Waals surface area contributed by atoms with Crippen LogP contribution in [0.1, 0.15) is 18.5 Å². The van der Waals surface area contributed by atoms with Crippen molar-refractivity contribution in [3.8, 4) is 11.5 Å². The Balaban J connectivity index is 0.00000144. The number of benzene rings is 1. The van der Waals surface area contributed by atoms with E-state index in [0.717, 1.165) is 0 Å². The second-order valence-corrected chi connectivity index (χ2v) is 2.68. The number of hydrogen-bond donors (Lipinski definition) is 2. The Morgan fingerprint density at radius 1 is 1.46 bits per heavy atom. The van der Waals surface area contributed by atoms with E-state index >= 15 is 0 Å². The fourth-order valence-corrected chi connectivity index (χ4v) is 1.17. The standard InChI is InChI=1S/C9H13NO2.ClH/c1-6(10)9-7(11)4-3-5-8(9)12-2;/h3-6,11H,10H2,1-2H3;1H/t6-;/m0./s1. The third-order valence-corrected chi connectivity index (χ3v) is 1.72. The zero-order valence-electron chi connectivity index (χ0n) is 7.65. The molecule has 0 aliphatic rings. The van der Waals surface area contributed by atoms with Gasteiger partial charge in [0.15, 0.2) is 0 Å². The number of nitrogens with two attached hydrogens (primary N) is 1. The predicted molar refractivity (Wildman–Crippen MR) is 54.5 cm³/mol. The van der Waals surface area contributed by atoms with Crippen molar-refractivity contribution in [3.63, 3.8) is 0 Å². The number of rotatable bonds is 2. The van der Waals surface area contributed by atoms with E-state index in [-0.39, 0.29) is 24.2 Å². The minimum Gasteiger partial charge on any atom is -0.507 e. The highest BCUT2D eigenvalue weighted by molar-refractivity contribution is 5.85. The van der Waals surface area contributed by atoms with Gasteiger partial charge in [-0.05, 0) is 19.1 Å². The van der Waals surface area contributed by atoms with Crippen molar-refractivity contribution in [1.82, 2.24) is 0 Å². The summed E-state index contributed by atoms with van der Waals surface area (Å²) < 4.78 is 5.05. The van der Waals surface area contributed by atoms with Gasteiger partial charge in [-0.3, -0.25) is 0 Å². The van der Waals surface area contributed by atoms with Crippen LogP contribution in [0.3, 0.4) is 0 Å². The molecule has 0 aliphatic carbocycles. The van der Waals surface area contributed by atoms with E-state index in [0.29, 0.717) is 11.3 Å². The third kappa shape index (κ3) is 2.50. The highest BCUT2D eigenvalue weighted by atomic mass is 35.5. The second kappa shape index (κ2) is 4.94. The molecule has 1 aromatic carbocycles. The van der Waals surface area contributed by atoms with Gasteiger partial charge >= 0.3 is 0 Å². The maximum absolute atomic E-state index is 9.43. The van der Waals surface area contributed by atoms with Gasteiger partial charge in [-0.2, -0.15) is 0 Å². The number of ether oxygens (including phenoxy) is 1. The molecule has 0 saturated carbocycles. The van der Waals surface area contributed by atoms with Crippen LogP contribution >= 0.6 is 12.4 Å². The third-order valence-electron chi connectivity index (χ3n) is 1.72. The molecule has 1 aromatic rings. The molecular formula is C9H14ClNO2. The SMILES string of the molecule is COc1cccc(O)c1[C@H](C)N.Cl. The van der Waals surface area contributed by atoms with Gasteiger partial charge in [0, 0.05) is 6.04 Å². The Morgan fingerprint density at radius 2 is 2.08 bits per heavy atom. The normalized spacial score (nSPS) is 11.6. The maximum Gasteiger partial charge on any atom is 0.127 e. The molecule has 1 rings (SSSR count). The summed E-state index contributed by atoms with van der Waals surface area (Å²) in [7, 11) is 1.56. The van der Waals surface area contributed by atoms with E-state index in [1.54, 1.807) is 32.2 Å². The van der Waals surface area contributed by atoms with Crippen LogP contribution in [0.25, 0.3) is 0 Å². The Morgan fingerprint density at radius 3 is 2.46 bits per heavy atom. The largest absolute Gasteiger partial charge is 0.507 e. The zero-order valence-corrected chi connectivity index (χ0v) is 8.47. The topological polar surface area (TPSA) is 55.5 Å². The van der Waals surface area contributed by atoms with Crippen molar-refractivity contribution in [2.75, 3.05) is 7.11 Å². The molecular weight excluding hydrogens is 190 g/mol. The first-order valence-corrected chi connectivity index (χ1v) is 3.78. The van der Waals surface area contributed by atoms with Gasteiger partial charge in [0.05, 0.1) is 12.7 Å². The number of methoxy groups -OCH3 is 1. The van der Waals surface area contributed by atoms with Crippen LogP contribution in [0.4, 0.5) is 0 Å². The summed E-state index contributed by atoms with van der Waals surface area (Å²) in [5.41, 5.74) is 6.30. The molecule has 0 heterocycles. The Kier molecular flexibility index (Phi) is 4.59. The van der Waals surface area contributed by atoms with Crippen molar-refractivity contribution in [2.24, 2.45) is 5.73 Å². The van der Waals surface area contributed by atoms with Gasteiger partial charge in [-0.25, -0.2) is 0 Å². The fourth-order valence-electron chi connectivity index (χ4n) is 1.17. The number of phenols is 1. The summed E-state index contributed by atoms with van der Waals surface area (Å²) in [4.78, 5) is 0. The fraction of sp³-hybridized carbons (Fsp3) is 0.333. The van der Waals surface area contributed by atoms with E-state index in [1.807, 2.05) is 0 Å². The van der Waals surface area contributed by atoms with Crippen LogP contribution in [0.15, 0.2) is 18.2 Å². The van der Waals surface area contributed by atoms with E-state index in [4.69, 9.17) is 10.5 Å². The van der Waals surface area contributed by atoms with Crippen LogP contribution in [0.5, 0.6) is 11.5 Å². The Hall–Kier alpha value is -0.930. The molecule has 13 heavy (non-hydrogen) atoms. The molecule has 0 saturated heterocycles. The molecule has 0 unspecified atom stereocenters. The van der Waals surface area contributed by atoms with Gasteiger partial charge in [0.1, 0.15) is 11.5 Å². The summed E-state index contributed by atoms with van der Waals surface area (Å²) in [5, 5.41) is 9.43. The molecule has 3 nitrogen and oxygen atoms in total. The molecule has 0 aromatic heterocycles. The summed E-state index contributed by atoms with van der Waals surface area (Å²) in [6.07, 6.45) is 0. The lowest BCUT2D eigenvalue weighted by atomic mass is 10.1. The molecule has 0 fully saturated rings. The molecule has 0 bridgehead atoms. The van der Waals surface area contributed by atoms with Crippen molar-refractivity contribution < 1.29 is 9.84 Å². The molecule has 4 heteroatoms. The lowest BCUT2D eigenvalue weighted by molar-refractivity contribution is 0.395. The highest BCUT2D eigenvalue weighted by Crippen LogP contribution is 2.31. The first-order chi connectivity index (χ1) is 5.66. The first kappa shape index (κ1) is 12.1. The summed E-state index contributed by atoms with van der Waals surface area (Å²) in [6, 6.07) is 4.88. The van der Waals surface area contributed by atoms with E-state index in [1.165, 1.54) is 0 Å². The quantitative estimate of drug-likeness (QED) is 0.771. The highest BCUT2D eigenvalue weighted by Gasteiger charge is 2.11. The minimum absolute atomic E-state index is 0. The van der Waals surface area contributed by atoms with Crippen LogP contribution in [-0.4, -0.2) is 12.2 Å². The van der Waals surface area contributed by atoms with Crippen LogP contribution in [0, 0.1) is 0 Å². The zero-order chi connectivity index (χ0) is 9.14. The van der Waals surface area contributed by atoms with E-state index in [2.05, 4.69) is 0 Å². The molecule has 74 valence electrons. The van der Waals surface area contributed by atoms with Crippen LogP contribution in [0.2, 0.25) is 0 Å². The lowest BCUT2D eigenvalue weighted by Crippen LogP contribution is -2.07. The van der Waals surface area contributed by atoms with Gasteiger partial charge in [0.2, 0.25) is 0 Å². The van der Waals surface area contributed by atoms with Gasteiger partial charge in [-0.15, -0.1) is 12.4 Å². The van der Waals surface area contributed by atoms with Crippen molar-refractivity contribution in [1.29, 1.82) is 0 Å². The summed E-state index contributed by atoms with van der Waals surface area (Å²) in [5.74, 6) is 0.814. The maximum atomic E-state index is 9.43. The number of hydrogen-bond acceptors (Lipinski definition) is 3. The Labute approximate surface area is 83.9 Å². The molecule has 1 atom stereocenters. The second-order valence-electron chi connectivity index (χ2n) is 2.68. The summed E-state index contributed by atoms with van der Waals surface area (Å²) in [6.45, 7) is 1.80. The molecule has 0 aliphatic heterocycles. The first-order valence-electron chi connectivity index (χ1n) is 3.78. The number of phenolic OH excluding ortho intramolecular Hbond substituents is 1. The lowest BCUT2D eigenvalue weighted by Gasteiger charge is -2.12. The number of aromatic hydroxyl groups is 1. The summed E-state index contributed by atoms with van der Waals surface area (Å²) >= 11 is 0. The molecule has 0 spiro atoms. The average Bonchev–Trinajstić information content (AvgIpc) is 2.03.